The lowest BCUT2D eigenvalue weighted by Crippen LogP contribution is -2.30. The summed E-state index contributed by atoms with van der Waals surface area (Å²) in [6, 6.07) is 0. The summed E-state index contributed by atoms with van der Waals surface area (Å²) < 4.78 is 61.0. The molecule has 5 atom stereocenters. The Morgan fingerprint density at radius 1 is 0.293 bits per heavy atom. The highest BCUT2D eigenvalue weighted by molar-refractivity contribution is 7.47. The van der Waals surface area contributed by atoms with Gasteiger partial charge in [0.1, 0.15) is 25.4 Å². The van der Waals surface area contributed by atoms with Crippen LogP contribution in [0.4, 0.5) is 0 Å². The van der Waals surface area contributed by atoms with Gasteiger partial charge in [-0.25, -0.2) is 9.13 Å². The van der Waals surface area contributed by atoms with E-state index >= 15 is 0 Å². The number of carbonyl (C=O) groups excluding carboxylic acids is 3. The zero-order chi connectivity index (χ0) is 72.3. The highest BCUT2D eigenvalue weighted by atomic mass is 31.2. The first-order chi connectivity index (χ1) is 48.2. The number of phosphoric ester groups is 2. The van der Waals surface area contributed by atoms with E-state index in [9.17, 15) is 43.5 Å². The SMILES string of the molecule is CC/C=C\C/C=C\C/C=C\C/C=C\C/C=C\C/C=C\CCC(=O)OCC(COP(=O)(O)OCC(O)COP(=O)(O)OCC(O)COC(=O)CCCCCCCCCCC/C=C\C/C=C\C/C=C\C/C=C\C/C=C\CC)OC(=O)CCCCCCCC/C=C\C/C=C\C/C=C\CCCCC. The Morgan fingerprint density at radius 3 is 0.909 bits per heavy atom. The van der Waals surface area contributed by atoms with Crippen molar-refractivity contribution < 1.29 is 75.8 Å². The maximum absolute atomic E-state index is 13.0. The Kier molecular flexibility index (Phi) is 69.0. The summed E-state index contributed by atoms with van der Waals surface area (Å²) in [5, 5.41) is 20.6. The molecule has 4 N–H and O–H groups in total. The maximum Gasteiger partial charge on any atom is 0.472 e. The maximum atomic E-state index is 13.0. The molecule has 0 aliphatic heterocycles. The fraction of sp³-hybridized carbons (Fsp3) is 0.617. The molecule has 0 spiro atoms. The quantitative estimate of drug-likeness (QED) is 0.0146. The van der Waals surface area contributed by atoms with Gasteiger partial charge in [-0.1, -0.05) is 274 Å². The standard InChI is InChI=1S/C81H132O16P2/c1-4-7-10-13-16-19-22-25-28-31-34-35-36-37-38-39-42-44-46-49-52-55-58-61-64-67-79(84)91-70-76(82)71-93-98(87,88)94-72-77(83)73-95-99(89,90)96-75-78(97-81(86)69-66-63-60-57-54-51-48-45-41-33-30-27-24-21-18-15-12-9-6-3)74-92-80(85)68-65-62-59-56-53-50-47-43-40-32-29-26-23-20-17-14-11-8-5-2/h7-8,10-11,16-21,25-30,34-35,37-38,40-41,43,45,50,53,59,62,76-78,82-83H,4-6,9,12-15,22-24,31-33,36,39,42,44,46-49,51-52,54-58,60-61,63-75H2,1-3H3,(H,87,88)(H,89,90)/b10-7-,11-8-,19-16-,20-17-,21-18-,28-25-,29-26-,30-27-,35-34-,38-37-,43-40-,45-41-,53-50-,62-59-. The van der Waals surface area contributed by atoms with Gasteiger partial charge in [0.25, 0.3) is 0 Å². The Morgan fingerprint density at radius 2 is 0.556 bits per heavy atom. The van der Waals surface area contributed by atoms with Crippen molar-refractivity contribution in [2.24, 2.45) is 0 Å². The van der Waals surface area contributed by atoms with Crippen LogP contribution in [-0.2, 0) is 55.8 Å². The van der Waals surface area contributed by atoms with E-state index < -0.39 is 91.5 Å². The average Bonchev–Trinajstić information content (AvgIpc) is 2.97. The zero-order valence-corrected chi connectivity index (χ0v) is 62.9. The Balaban J connectivity index is 4.73. The van der Waals surface area contributed by atoms with Crippen molar-refractivity contribution in [1.82, 2.24) is 0 Å². The third-order valence-corrected chi connectivity index (χ3v) is 16.8. The van der Waals surface area contributed by atoms with Crippen molar-refractivity contribution in [3.63, 3.8) is 0 Å². The molecule has 5 unspecified atom stereocenters. The summed E-state index contributed by atoms with van der Waals surface area (Å²) in [5.74, 6) is -1.70. The number of aliphatic hydroxyl groups excluding tert-OH is 2. The van der Waals surface area contributed by atoms with Gasteiger partial charge < -0.3 is 34.2 Å². The lowest BCUT2D eigenvalue weighted by Gasteiger charge is -2.21. The Hall–Kier alpha value is -5.09. The number of unbranched alkanes of at least 4 members (excludes halogenated alkanes) is 18. The van der Waals surface area contributed by atoms with E-state index in [0.29, 0.717) is 25.7 Å². The van der Waals surface area contributed by atoms with Crippen LogP contribution in [0.1, 0.15) is 265 Å². The number of hydrogen-bond acceptors (Lipinski definition) is 14. The van der Waals surface area contributed by atoms with Crippen LogP contribution in [0.3, 0.4) is 0 Å². The van der Waals surface area contributed by atoms with Gasteiger partial charge in [-0.05, 0) is 141 Å². The second-order valence-electron chi connectivity index (χ2n) is 24.3. The van der Waals surface area contributed by atoms with Crippen LogP contribution in [-0.4, -0.2) is 95.9 Å². The number of carbonyl (C=O) groups is 3. The van der Waals surface area contributed by atoms with Crippen molar-refractivity contribution in [2.45, 2.75) is 283 Å². The van der Waals surface area contributed by atoms with E-state index in [4.69, 9.17) is 32.3 Å². The van der Waals surface area contributed by atoms with Crippen LogP contribution < -0.4 is 0 Å². The minimum absolute atomic E-state index is 0.0360. The van der Waals surface area contributed by atoms with Crippen LogP contribution in [0.25, 0.3) is 0 Å². The Labute approximate surface area is 599 Å². The number of allylic oxidation sites excluding steroid dienone is 28. The first-order valence-electron chi connectivity index (χ1n) is 37.4. The van der Waals surface area contributed by atoms with Crippen molar-refractivity contribution >= 4 is 33.6 Å². The second kappa shape index (κ2) is 72.7. The van der Waals surface area contributed by atoms with E-state index in [-0.39, 0.29) is 19.3 Å². The number of hydrogen-bond donors (Lipinski definition) is 4. The first-order valence-corrected chi connectivity index (χ1v) is 40.4. The molecule has 0 fully saturated rings. The number of rotatable bonds is 69. The van der Waals surface area contributed by atoms with Gasteiger partial charge >= 0.3 is 33.6 Å². The number of phosphoric acid groups is 2. The molecule has 0 amide bonds. The lowest BCUT2D eigenvalue weighted by atomic mass is 10.1. The summed E-state index contributed by atoms with van der Waals surface area (Å²) in [7, 11) is -9.83. The van der Waals surface area contributed by atoms with Gasteiger partial charge in [-0.2, -0.15) is 0 Å². The van der Waals surface area contributed by atoms with E-state index in [1.807, 2.05) is 18.2 Å². The number of aliphatic hydroxyl groups is 2. The molecule has 18 heteroatoms. The van der Waals surface area contributed by atoms with Gasteiger partial charge in [-0.15, -0.1) is 0 Å². The zero-order valence-electron chi connectivity index (χ0n) is 61.1. The number of esters is 3. The predicted molar refractivity (Wildman–Crippen MR) is 408 cm³/mol. The van der Waals surface area contributed by atoms with Crippen LogP contribution in [0.15, 0.2) is 170 Å². The summed E-state index contributed by atoms with van der Waals surface area (Å²) in [6.45, 7) is 2.29. The van der Waals surface area contributed by atoms with Gasteiger partial charge in [0, 0.05) is 19.3 Å². The summed E-state index contributed by atoms with van der Waals surface area (Å²) in [5.41, 5.74) is 0. The topological polar surface area (TPSA) is 231 Å². The van der Waals surface area contributed by atoms with Crippen molar-refractivity contribution in [3.8, 4) is 0 Å². The van der Waals surface area contributed by atoms with Crippen LogP contribution in [0, 0.1) is 0 Å². The monoisotopic (exact) mass is 1420 g/mol. The molecule has 99 heavy (non-hydrogen) atoms. The lowest BCUT2D eigenvalue weighted by molar-refractivity contribution is -0.161. The Bertz CT molecular complexity index is 2480. The molecule has 0 saturated carbocycles. The van der Waals surface area contributed by atoms with Crippen LogP contribution in [0.2, 0.25) is 0 Å². The van der Waals surface area contributed by atoms with Gasteiger partial charge in [0.05, 0.1) is 26.4 Å². The van der Waals surface area contributed by atoms with Crippen molar-refractivity contribution in [2.75, 3.05) is 39.6 Å². The molecule has 0 aliphatic carbocycles. The fourth-order valence-corrected chi connectivity index (χ4v) is 10.9. The highest BCUT2D eigenvalue weighted by Crippen LogP contribution is 2.45. The van der Waals surface area contributed by atoms with E-state index in [1.54, 1.807) is 0 Å². The summed E-state index contributed by atoms with van der Waals surface area (Å²) in [4.78, 5) is 58.6. The third-order valence-electron chi connectivity index (χ3n) is 14.9. The largest absolute Gasteiger partial charge is 0.472 e. The summed E-state index contributed by atoms with van der Waals surface area (Å²) in [6.07, 6.45) is 91.2. The number of ether oxygens (including phenoxy) is 3. The van der Waals surface area contributed by atoms with E-state index in [2.05, 4.69) is 173 Å². The van der Waals surface area contributed by atoms with Crippen molar-refractivity contribution in [3.05, 3.63) is 170 Å². The molecule has 0 radical (unpaired) electrons. The molecule has 0 rings (SSSR count). The smallest absolute Gasteiger partial charge is 0.463 e. The van der Waals surface area contributed by atoms with Crippen molar-refractivity contribution in [1.29, 1.82) is 0 Å². The van der Waals surface area contributed by atoms with Gasteiger partial charge in [-0.3, -0.25) is 32.5 Å². The second-order valence-corrected chi connectivity index (χ2v) is 27.2. The molecular formula is C81H132O16P2. The first kappa shape index (κ1) is 93.9. The van der Waals surface area contributed by atoms with E-state index in [0.717, 1.165) is 154 Å². The van der Waals surface area contributed by atoms with Gasteiger partial charge in [0.15, 0.2) is 6.10 Å². The fourth-order valence-electron chi connectivity index (χ4n) is 9.28. The molecule has 0 aromatic rings. The normalized spacial score (nSPS) is 15.0. The molecule has 0 aromatic heterocycles. The molecule has 0 aliphatic rings. The minimum Gasteiger partial charge on any atom is -0.463 e. The van der Waals surface area contributed by atoms with Gasteiger partial charge in [0.2, 0.25) is 0 Å². The molecule has 0 saturated heterocycles. The summed E-state index contributed by atoms with van der Waals surface area (Å²) >= 11 is 0. The third kappa shape index (κ3) is 73.9. The molecule has 0 bridgehead atoms. The van der Waals surface area contributed by atoms with E-state index in [1.165, 1.54) is 44.9 Å². The average molecular weight is 1420 g/mol. The van der Waals surface area contributed by atoms with Crippen LogP contribution >= 0.6 is 15.6 Å². The van der Waals surface area contributed by atoms with Crippen LogP contribution in [0.5, 0.6) is 0 Å². The predicted octanol–water partition coefficient (Wildman–Crippen LogP) is 21.6. The highest BCUT2D eigenvalue weighted by Gasteiger charge is 2.29. The molecule has 16 nitrogen and oxygen atoms in total. The molecule has 0 heterocycles. The molecule has 562 valence electrons. The molecule has 0 aromatic carbocycles. The molecular weight excluding hydrogens is 1290 g/mol. The minimum atomic E-state index is -4.96.